The Bertz CT molecular complexity index is 420. The summed E-state index contributed by atoms with van der Waals surface area (Å²) in [6.07, 6.45) is 10.9. The summed E-state index contributed by atoms with van der Waals surface area (Å²) in [4.78, 5) is 7.25. The summed E-state index contributed by atoms with van der Waals surface area (Å²) in [7, 11) is 2.22. The number of pyridine rings is 1. The van der Waals surface area contributed by atoms with Crippen LogP contribution in [0.1, 0.15) is 57.1 Å². The van der Waals surface area contributed by atoms with E-state index in [1.165, 1.54) is 57.1 Å². The summed E-state index contributed by atoms with van der Waals surface area (Å²) in [5, 5.41) is 3.55. The van der Waals surface area contributed by atoms with Crippen LogP contribution in [0.15, 0.2) is 18.2 Å². The Morgan fingerprint density at radius 3 is 2.55 bits per heavy atom. The minimum atomic E-state index is 0.677. The van der Waals surface area contributed by atoms with Crippen molar-refractivity contribution in [2.75, 3.05) is 11.9 Å². The molecule has 0 saturated heterocycles. The number of rotatable bonds is 5. The molecular weight excluding hydrogens is 246 g/mol. The van der Waals surface area contributed by atoms with E-state index in [0.29, 0.717) is 6.04 Å². The summed E-state index contributed by atoms with van der Waals surface area (Å²) in [6.45, 7) is 0.914. The summed E-state index contributed by atoms with van der Waals surface area (Å²) in [5.74, 6) is 1.15. The van der Waals surface area contributed by atoms with Crippen molar-refractivity contribution in [2.24, 2.45) is 0 Å². The van der Waals surface area contributed by atoms with Gasteiger partial charge in [-0.25, -0.2) is 4.98 Å². The molecule has 3 heteroatoms. The Morgan fingerprint density at radius 1 is 1.10 bits per heavy atom. The lowest BCUT2D eigenvalue weighted by Gasteiger charge is -2.28. The van der Waals surface area contributed by atoms with E-state index in [-0.39, 0.29) is 0 Å². The maximum atomic E-state index is 4.84. The number of nitrogens with zero attached hydrogens (tertiary/aromatic N) is 2. The average molecular weight is 273 g/mol. The Labute approximate surface area is 122 Å². The van der Waals surface area contributed by atoms with Crippen molar-refractivity contribution in [3.8, 4) is 0 Å². The molecule has 0 aliphatic heterocycles. The van der Waals surface area contributed by atoms with Crippen molar-refractivity contribution in [3.63, 3.8) is 0 Å². The molecule has 2 aliphatic carbocycles. The average Bonchev–Trinajstić information content (AvgIpc) is 3.31. The minimum Gasteiger partial charge on any atom is -0.357 e. The third kappa shape index (κ3) is 3.72. The van der Waals surface area contributed by atoms with E-state index in [4.69, 9.17) is 4.98 Å². The first-order valence-corrected chi connectivity index (χ1v) is 8.25. The fourth-order valence-corrected chi connectivity index (χ4v) is 3.13. The summed E-state index contributed by atoms with van der Waals surface area (Å²) >= 11 is 0. The third-order valence-corrected chi connectivity index (χ3v) is 4.68. The van der Waals surface area contributed by atoms with Crippen molar-refractivity contribution < 1.29 is 0 Å². The van der Waals surface area contributed by atoms with E-state index in [2.05, 4.69) is 35.5 Å². The van der Waals surface area contributed by atoms with Crippen LogP contribution in [0, 0.1) is 0 Å². The van der Waals surface area contributed by atoms with Gasteiger partial charge < -0.3 is 10.2 Å². The van der Waals surface area contributed by atoms with Gasteiger partial charge in [-0.05, 0) is 37.8 Å². The molecule has 1 heterocycles. The Balaban J connectivity index is 1.63. The van der Waals surface area contributed by atoms with Crippen LogP contribution in [0.2, 0.25) is 0 Å². The smallest absolute Gasteiger partial charge is 0.128 e. The molecule has 0 bridgehead atoms. The van der Waals surface area contributed by atoms with E-state index in [1.807, 2.05) is 0 Å². The number of anilines is 1. The predicted molar refractivity (Wildman–Crippen MR) is 84.0 cm³/mol. The molecule has 0 unspecified atom stereocenters. The highest BCUT2D eigenvalue weighted by Crippen LogP contribution is 2.24. The SMILES string of the molecule is CN(c1cccc(CNC2CC2)n1)C1CCCCCC1. The molecule has 0 radical (unpaired) electrons. The van der Waals surface area contributed by atoms with Crippen molar-refractivity contribution >= 4 is 5.82 Å². The van der Waals surface area contributed by atoms with Gasteiger partial charge in [-0.15, -0.1) is 0 Å². The maximum absolute atomic E-state index is 4.84. The van der Waals surface area contributed by atoms with Gasteiger partial charge >= 0.3 is 0 Å². The normalized spacial score (nSPS) is 20.6. The van der Waals surface area contributed by atoms with Gasteiger partial charge in [0.1, 0.15) is 5.82 Å². The zero-order valence-electron chi connectivity index (χ0n) is 12.6. The number of hydrogen-bond donors (Lipinski definition) is 1. The van der Waals surface area contributed by atoms with E-state index >= 15 is 0 Å². The molecule has 0 atom stereocenters. The van der Waals surface area contributed by atoms with Crippen molar-refractivity contribution in [3.05, 3.63) is 23.9 Å². The van der Waals surface area contributed by atoms with Crippen LogP contribution in [0.5, 0.6) is 0 Å². The lowest BCUT2D eigenvalue weighted by Crippen LogP contribution is -2.32. The van der Waals surface area contributed by atoms with Crippen LogP contribution in [-0.2, 0) is 6.54 Å². The zero-order valence-corrected chi connectivity index (χ0v) is 12.6. The van der Waals surface area contributed by atoms with Gasteiger partial charge in [0.05, 0.1) is 5.69 Å². The molecule has 20 heavy (non-hydrogen) atoms. The monoisotopic (exact) mass is 273 g/mol. The van der Waals surface area contributed by atoms with E-state index in [9.17, 15) is 0 Å². The second-order valence-corrected chi connectivity index (χ2v) is 6.40. The Morgan fingerprint density at radius 2 is 1.85 bits per heavy atom. The molecule has 1 aromatic rings. The summed E-state index contributed by atoms with van der Waals surface area (Å²) in [5.41, 5.74) is 1.18. The fraction of sp³-hybridized carbons (Fsp3) is 0.706. The number of hydrogen-bond acceptors (Lipinski definition) is 3. The maximum Gasteiger partial charge on any atom is 0.128 e. The minimum absolute atomic E-state index is 0.677. The van der Waals surface area contributed by atoms with Crippen LogP contribution in [-0.4, -0.2) is 24.1 Å². The Hall–Kier alpha value is -1.09. The third-order valence-electron chi connectivity index (χ3n) is 4.68. The van der Waals surface area contributed by atoms with Gasteiger partial charge in [-0.3, -0.25) is 0 Å². The molecule has 2 aliphatic rings. The van der Waals surface area contributed by atoms with Gasteiger partial charge in [0.2, 0.25) is 0 Å². The highest BCUT2D eigenvalue weighted by molar-refractivity contribution is 5.39. The zero-order chi connectivity index (χ0) is 13.8. The van der Waals surface area contributed by atoms with Crippen LogP contribution in [0.3, 0.4) is 0 Å². The van der Waals surface area contributed by atoms with E-state index < -0.39 is 0 Å². The molecule has 3 nitrogen and oxygen atoms in total. The molecule has 2 fully saturated rings. The quantitative estimate of drug-likeness (QED) is 0.832. The number of nitrogens with one attached hydrogen (secondary N) is 1. The second kappa shape index (κ2) is 6.57. The highest BCUT2D eigenvalue weighted by atomic mass is 15.2. The molecule has 0 amide bonds. The highest BCUT2D eigenvalue weighted by Gasteiger charge is 2.21. The standard InChI is InChI=1S/C17H27N3/c1-20(16-8-4-2-3-5-9-16)17-10-6-7-15(19-17)13-18-14-11-12-14/h6-7,10,14,16,18H,2-5,8-9,11-13H2,1H3. The van der Waals surface area contributed by atoms with E-state index in [1.54, 1.807) is 0 Å². The first-order valence-electron chi connectivity index (χ1n) is 8.25. The van der Waals surface area contributed by atoms with Gasteiger partial charge in [-0.1, -0.05) is 31.7 Å². The fourth-order valence-electron chi connectivity index (χ4n) is 3.13. The van der Waals surface area contributed by atoms with Crippen LogP contribution < -0.4 is 10.2 Å². The molecule has 2 saturated carbocycles. The molecule has 1 aromatic heterocycles. The van der Waals surface area contributed by atoms with Crippen molar-refractivity contribution in [1.29, 1.82) is 0 Å². The molecule has 0 aromatic carbocycles. The summed E-state index contributed by atoms with van der Waals surface area (Å²) < 4.78 is 0. The predicted octanol–water partition coefficient (Wildman–Crippen LogP) is 3.49. The topological polar surface area (TPSA) is 28.2 Å². The van der Waals surface area contributed by atoms with Crippen molar-refractivity contribution in [1.82, 2.24) is 10.3 Å². The Kier molecular flexibility index (Phi) is 4.56. The number of aromatic nitrogens is 1. The molecule has 3 rings (SSSR count). The van der Waals surface area contributed by atoms with Crippen LogP contribution >= 0.6 is 0 Å². The molecular formula is C17H27N3. The second-order valence-electron chi connectivity index (χ2n) is 6.40. The van der Waals surface area contributed by atoms with E-state index in [0.717, 1.165) is 18.4 Å². The summed E-state index contributed by atoms with van der Waals surface area (Å²) in [6, 6.07) is 7.88. The van der Waals surface area contributed by atoms with Gasteiger partial charge in [0.15, 0.2) is 0 Å². The van der Waals surface area contributed by atoms with Gasteiger partial charge in [-0.2, -0.15) is 0 Å². The van der Waals surface area contributed by atoms with Gasteiger partial charge in [0.25, 0.3) is 0 Å². The molecule has 0 spiro atoms. The molecule has 110 valence electrons. The van der Waals surface area contributed by atoms with Gasteiger partial charge in [0, 0.05) is 25.7 Å². The lowest BCUT2D eigenvalue weighted by atomic mass is 10.1. The first-order chi connectivity index (χ1) is 9.83. The van der Waals surface area contributed by atoms with Crippen LogP contribution in [0.25, 0.3) is 0 Å². The molecule has 1 N–H and O–H groups in total. The van der Waals surface area contributed by atoms with Crippen LogP contribution in [0.4, 0.5) is 5.82 Å². The largest absolute Gasteiger partial charge is 0.357 e. The lowest BCUT2D eigenvalue weighted by molar-refractivity contribution is 0.548. The first kappa shape index (κ1) is 13.9. The van der Waals surface area contributed by atoms with Crippen molar-refractivity contribution in [2.45, 2.75) is 70.0 Å².